The molecule has 5 nitrogen and oxygen atoms in total. The molecule has 0 bridgehead atoms. The molecule has 128 valence electrons. The molecule has 3 rings (SSSR count). The molecule has 5 heteroatoms. The van der Waals surface area contributed by atoms with Crippen molar-refractivity contribution in [3.63, 3.8) is 0 Å². The Morgan fingerprint density at radius 2 is 2.04 bits per heavy atom. The van der Waals surface area contributed by atoms with E-state index < -0.39 is 0 Å². The molecule has 1 aromatic carbocycles. The van der Waals surface area contributed by atoms with E-state index in [1.54, 1.807) is 11.1 Å². The summed E-state index contributed by atoms with van der Waals surface area (Å²) in [5, 5.41) is 12.1. The second-order valence-corrected chi connectivity index (χ2v) is 6.09. The maximum atomic E-state index is 12.4. The van der Waals surface area contributed by atoms with Gasteiger partial charge in [-0.15, -0.1) is 0 Å². The maximum Gasteiger partial charge on any atom is 0.321 e. The van der Waals surface area contributed by atoms with Gasteiger partial charge in [0.05, 0.1) is 0 Å². The number of amides is 2. The van der Waals surface area contributed by atoms with Crippen LogP contribution in [0.5, 0.6) is 0 Å². The Labute approximate surface area is 147 Å². The largest absolute Gasteiger partial charge is 0.396 e. The Kier molecular flexibility index (Phi) is 5.65. The first-order chi connectivity index (χ1) is 12.2. The van der Waals surface area contributed by atoms with Crippen LogP contribution in [-0.4, -0.2) is 40.7 Å². The second-order valence-electron chi connectivity index (χ2n) is 6.09. The number of rotatable bonds is 2. The van der Waals surface area contributed by atoms with Gasteiger partial charge in [0, 0.05) is 37.1 Å². The van der Waals surface area contributed by atoms with Crippen molar-refractivity contribution >= 4 is 11.7 Å². The van der Waals surface area contributed by atoms with Crippen LogP contribution in [0.2, 0.25) is 0 Å². The number of urea groups is 1. The molecule has 25 heavy (non-hydrogen) atoms. The fourth-order valence-electron chi connectivity index (χ4n) is 2.77. The lowest BCUT2D eigenvalue weighted by Gasteiger charge is -2.31. The average Bonchev–Trinajstić information content (AvgIpc) is 2.67. The molecule has 1 saturated heterocycles. The minimum atomic E-state index is -0.105. The van der Waals surface area contributed by atoms with Crippen LogP contribution in [0.4, 0.5) is 10.5 Å². The van der Waals surface area contributed by atoms with Gasteiger partial charge in [0.1, 0.15) is 5.69 Å². The molecule has 0 radical (unpaired) electrons. The number of aromatic nitrogens is 1. The van der Waals surface area contributed by atoms with E-state index in [0.717, 1.165) is 24.1 Å². The number of carbonyl (C=O) groups is 1. The van der Waals surface area contributed by atoms with Crippen LogP contribution in [0, 0.1) is 17.8 Å². The summed E-state index contributed by atoms with van der Waals surface area (Å²) in [4.78, 5) is 18.3. The van der Waals surface area contributed by atoms with E-state index in [-0.39, 0.29) is 12.6 Å². The molecule has 2 N–H and O–H groups in total. The average molecular weight is 335 g/mol. The number of hydrogen-bond acceptors (Lipinski definition) is 3. The third kappa shape index (κ3) is 4.82. The summed E-state index contributed by atoms with van der Waals surface area (Å²) >= 11 is 0. The summed E-state index contributed by atoms with van der Waals surface area (Å²) in [6.07, 6.45) is 3.40. The first-order valence-corrected chi connectivity index (χ1v) is 8.44. The smallest absolute Gasteiger partial charge is 0.321 e. The number of aliphatic hydroxyl groups excluding tert-OH is 1. The highest BCUT2D eigenvalue weighted by atomic mass is 16.3. The molecule has 0 atom stereocenters. The van der Waals surface area contributed by atoms with E-state index >= 15 is 0 Å². The van der Waals surface area contributed by atoms with Gasteiger partial charge in [0.2, 0.25) is 0 Å². The van der Waals surface area contributed by atoms with Crippen molar-refractivity contribution in [3.05, 3.63) is 59.9 Å². The molecule has 1 fully saturated rings. The number of nitrogens with one attached hydrogen (secondary N) is 1. The Bertz CT molecular complexity index is 772. The Hall–Kier alpha value is -2.84. The lowest BCUT2D eigenvalue weighted by molar-refractivity contribution is 0.143. The van der Waals surface area contributed by atoms with Crippen LogP contribution in [0.15, 0.2) is 48.7 Å². The molecule has 0 aliphatic carbocycles. The monoisotopic (exact) mass is 335 g/mol. The summed E-state index contributed by atoms with van der Waals surface area (Å²) in [5.74, 6) is 6.38. The molecule has 0 spiro atoms. The fraction of sp³-hybridized carbons (Fsp3) is 0.300. The Morgan fingerprint density at radius 1 is 1.20 bits per heavy atom. The van der Waals surface area contributed by atoms with Crippen molar-refractivity contribution in [3.8, 4) is 11.8 Å². The zero-order valence-corrected chi connectivity index (χ0v) is 14.0. The molecule has 0 saturated carbocycles. The van der Waals surface area contributed by atoms with Crippen molar-refractivity contribution in [1.29, 1.82) is 0 Å². The predicted octanol–water partition coefficient (Wildman–Crippen LogP) is 2.72. The van der Waals surface area contributed by atoms with E-state index in [0.29, 0.717) is 24.7 Å². The molecule has 2 heterocycles. The normalized spacial score (nSPS) is 14.5. The van der Waals surface area contributed by atoms with Gasteiger partial charge < -0.3 is 15.3 Å². The van der Waals surface area contributed by atoms with Crippen molar-refractivity contribution < 1.29 is 9.90 Å². The summed E-state index contributed by atoms with van der Waals surface area (Å²) in [6, 6.07) is 13.0. The van der Waals surface area contributed by atoms with Crippen LogP contribution in [-0.2, 0) is 0 Å². The zero-order chi connectivity index (χ0) is 17.5. The van der Waals surface area contributed by atoms with E-state index in [2.05, 4.69) is 22.1 Å². The molecule has 1 aliphatic rings. The van der Waals surface area contributed by atoms with Crippen LogP contribution in [0.1, 0.15) is 24.1 Å². The number of anilines is 1. The van der Waals surface area contributed by atoms with E-state index in [4.69, 9.17) is 0 Å². The predicted molar refractivity (Wildman–Crippen MR) is 97.1 cm³/mol. The minimum absolute atomic E-state index is 0.105. The van der Waals surface area contributed by atoms with Crippen LogP contribution < -0.4 is 5.32 Å². The van der Waals surface area contributed by atoms with Gasteiger partial charge in [-0.1, -0.05) is 18.1 Å². The standard InChI is InChI=1S/C20H21N3O2/c24-15-17-9-12-23(13-10-17)20(25)22-19-6-3-4-16(14-19)7-8-18-5-1-2-11-21-18/h1-6,11,14,17,24H,9-10,12-13,15H2,(H,22,25). The molecule has 1 aliphatic heterocycles. The van der Waals surface area contributed by atoms with Crippen molar-refractivity contribution in [2.24, 2.45) is 5.92 Å². The van der Waals surface area contributed by atoms with Crippen LogP contribution >= 0.6 is 0 Å². The number of nitrogens with zero attached hydrogens (tertiary/aromatic N) is 2. The third-order valence-electron chi connectivity index (χ3n) is 4.27. The summed E-state index contributed by atoms with van der Waals surface area (Å²) in [5.41, 5.74) is 2.26. The van der Waals surface area contributed by atoms with E-state index in [9.17, 15) is 9.90 Å². The molecule has 2 aromatic rings. The van der Waals surface area contributed by atoms with Crippen molar-refractivity contribution in [1.82, 2.24) is 9.88 Å². The van der Waals surface area contributed by atoms with Gasteiger partial charge in [-0.3, -0.25) is 0 Å². The Balaban J connectivity index is 1.62. The number of hydrogen-bond donors (Lipinski definition) is 2. The van der Waals surface area contributed by atoms with Crippen molar-refractivity contribution in [2.75, 3.05) is 25.0 Å². The summed E-state index contributed by atoms with van der Waals surface area (Å²) in [6.45, 7) is 1.55. The van der Waals surface area contributed by atoms with Gasteiger partial charge in [0.15, 0.2) is 0 Å². The lowest BCUT2D eigenvalue weighted by atomic mass is 9.98. The minimum Gasteiger partial charge on any atom is -0.396 e. The topological polar surface area (TPSA) is 65.5 Å². The second kappa shape index (κ2) is 8.32. The maximum absolute atomic E-state index is 12.4. The van der Waals surface area contributed by atoms with Gasteiger partial charge in [-0.05, 0) is 55.0 Å². The van der Waals surface area contributed by atoms with Gasteiger partial charge in [0.25, 0.3) is 0 Å². The number of benzene rings is 1. The Morgan fingerprint density at radius 3 is 2.76 bits per heavy atom. The molecule has 1 aromatic heterocycles. The first-order valence-electron chi connectivity index (χ1n) is 8.44. The summed E-state index contributed by atoms with van der Waals surface area (Å²) in [7, 11) is 0. The van der Waals surface area contributed by atoms with Gasteiger partial charge >= 0.3 is 6.03 Å². The molecular formula is C20H21N3O2. The number of piperidine rings is 1. The molecule has 0 unspecified atom stereocenters. The van der Waals surface area contributed by atoms with Gasteiger partial charge in [-0.25, -0.2) is 9.78 Å². The zero-order valence-electron chi connectivity index (χ0n) is 14.0. The number of aliphatic hydroxyl groups is 1. The fourth-order valence-corrected chi connectivity index (χ4v) is 2.77. The highest BCUT2D eigenvalue weighted by molar-refractivity contribution is 5.89. The highest BCUT2D eigenvalue weighted by Gasteiger charge is 2.22. The van der Waals surface area contributed by atoms with E-state index in [1.807, 2.05) is 42.5 Å². The number of likely N-dealkylation sites (tertiary alicyclic amines) is 1. The summed E-state index contributed by atoms with van der Waals surface area (Å²) < 4.78 is 0. The van der Waals surface area contributed by atoms with E-state index in [1.165, 1.54) is 0 Å². The third-order valence-corrected chi connectivity index (χ3v) is 4.27. The SMILES string of the molecule is O=C(Nc1cccc(C#Cc2ccccn2)c1)N1CCC(CO)CC1. The van der Waals surface area contributed by atoms with Crippen LogP contribution in [0.25, 0.3) is 0 Å². The highest BCUT2D eigenvalue weighted by Crippen LogP contribution is 2.18. The van der Waals surface area contributed by atoms with Crippen molar-refractivity contribution in [2.45, 2.75) is 12.8 Å². The number of carbonyl (C=O) groups excluding carboxylic acids is 1. The van der Waals surface area contributed by atoms with Gasteiger partial charge in [-0.2, -0.15) is 0 Å². The molecule has 2 amide bonds. The lowest BCUT2D eigenvalue weighted by Crippen LogP contribution is -2.41. The molecular weight excluding hydrogens is 314 g/mol. The quantitative estimate of drug-likeness (QED) is 0.830. The number of pyridine rings is 1. The van der Waals surface area contributed by atoms with Crippen LogP contribution in [0.3, 0.4) is 0 Å². The first kappa shape index (κ1) is 17.0.